The minimum Gasteiger partial charge on any atom is -0.337 e. The number of hydrogen-bond donors (Lipinski definition) is 1. The molecule has 126 valence electrons. The predicted molar refractivity (Wildman–Crippen MR) is 101 cm³/mol. The standard InChI is InChI=1S/C18H18Cl2N2OS/c19-15-5-2-6-16(20)17(15)24-11-12-3-1-4-13(9-12)18(23)22-8-7-14(21)10-22/h1-6,9,14H,7-8,10-11,21H2/t14-/m1/s1. The third-order valence-corrected chi connectivity index (χ3v) is 6.05. The molecule has 2 N–H and O–H groups in total. The number of amides is 1. The van der Waals surface area contributed by atoms with Gasteiger partial charge in [0, 0.05) is 35.3 Å². The summed E-state index contributed by atoms with van der Waals surface area (Å²) in [4.78, 5) is 15.2. The molecule has 1 fully saturated rings. The van der Waals surface area contributed by atoms with Crippen molar-refractivity contribution in [1.29, 1.82) is 0 Å². The van der Waals surface area contributed by atoms with Crippen molar-refractivity contribution >= 4 is 40.9 Å². The maximum absolute atomic E-state index is 12.5. The lowest BCUT2D eigenvalue weighted by atomic mass is 10.1. The van der Waals surface area contributed by atoms with E-state index in [0.717, 1.165) is 23.4 Å². The van der Waals surface area contributed by atoms with Crippen LogP contribution in [0.1, 0.15) is 22.3 Å². The first-order valence-electron chi connectivity index (χ1n) is 7.75. The molecule has 6 heteroatoms. The van der Waals surface area contributed by atoms with Gasteiger partial charge in [-0.3, -0.25) is 4.79 Å². The second-order valence-corrected chi connectivity index (χ2v) is 7.64. The Kier molecular flexibility index (Phi) is 5.72. The zero-order valence-electron chi connectivity index (χ0n) is 13.0. The number of carbonyl (C=O) groups excluding carboxylic acids is 1. The molecule has 1 heterocycles. The number of carbonyl (C=O) groups is 1. The fourth-order valence-electron chi connectivity index (χ4n) is 2.72. The van der Waals surface area contributed by atoms with E-state index in [4.69, 9.17) is 28.9 Å². The molecule has 2 aromatic carbocycles. The largest absolute Gasteiger partial charge is 0.337 e. The van der Waals surface area contributed by atoms with Gasteiger partial charge in [-0.25, -0.2) is 0 Å². The molecule has 1 aliphatic heterocycles. The van der Waals surface area contributed by atoms with E-state index in [1.165, 1.54) is 0 Å². The van der Waals surface area contributed by atoms with Gasteiger partial charge in [0.05, 0.1) is 10.0 Å². The Morgan fingerprint density at radius 2 is 1.92 bits per heavy atom. The lowest BCUT2D eigenvalue weighted by molar-refractivity contribution is 0.0791. The third kappa shape index (κ3) is 4.06. The molecule has 2 aromatic rings. The van der Waals surface area contributed by atoms with Gasteiger partial charge in [0.2, 0.25) is 0 Å². The molecule has 3 nitrogen and oxygen atoms in total. The molecule has 0 spiro atoms. The molecule has 0 unspecified atom stereocenters. The van der Waals surface area contributed by atoms with E-state index < -0.39 is 0 Å². The minimum absolute atomic E-state index is 0.0468. The zero-order valence-corrected chi connectivity index (χ0v) is 15.4. The molecule has 1 saturated heterocycles. The second-order valence-electron chi connectivity index (χ2n) is 5.84. The van der Waals surface area contributed by atoms with Gasteiger partial charge in [-0.2, -0.15) is 0 Å². The molecule has 24 heavy (non-hydrogen) atoms. The van der Waals surface area contributed by atoms with E-state index in [9.17, 15) is 4.79 Å². The van der Waals surface area contributed by atoms with Crippen LogP contribution in [0.4, 0.5) is 0 Å². The molecule has 3 rings (SSSR count). The van der Waals surface area contributed by atoms with Crippen molar-refractivity contribution in [3.05, 3.63) is 63.6 Å². The fraction of sp³-hybridized carbons (Fsp3) is 0.278. The maximum Gasteiger partial charge on any atom is 0.253 e. The average molecular weight is 381 g/mol. The number of rotatable bonds is 4. The number of hydrogen-bond acceptors (Lipinski definition) is 3. The lowest BCUT2D eigenvalue weighted by Crippen LogP contribution is -2.31. The quantitative estimate of drug-likeness (QED) is 0.796. The van der Waals surface area contributed by atoms with Crippen molar-refractivity contribution in [3.8, 4) is 0 Å². The summed E-state index contributed by atoms with van der Waals surface area (Å²) in [6, 6.07) is 13.3. The summed E-state index contributed by atoms with van der Waals surface area (Å²) in [6.45, 7) is 1.36. The number of nitrogens with two attached hydrogens (primary N) is 1. The molecular weight excluding hydrogens is 363 g/mol. The molecule has 1 amide bonds. The van der Waals surface area contributed by atoms with Gasteiger partial charge < -0.3 is 10.6 Å². The van der Waals surface area contributed by atoms with Gasteiger partial charge in [0.1, 0.15) is 0 Å². The summed E-state index contributed by atoms with van der Waals surface area (Å²) in [5, 5.41) is 1.29. The molecule has 0 radical (unpaired) electrons. The van der Waals surface area contributed by atoms with Gasteiger partial charge >= 0.3 is 0 Å². The number of halogens is 2. The van der Waals surface area contributed by atoms with E-state index >= 15 is 0 Å². The minimum atomic E-state index is 0.0468. The van der Waals surface area contributed by atoms with Crippen LogP contribution in [0.3, 0.4) is 0 Å². The van der Waals surface area contributed by atoms with E-state index in [1.54, 1.807) is 11.8 Å². The Labute approximate surface area is 156 Å². The van der Waals surface area contributed by atoms with Gasteiger partial charge in [-0.05, 0) is 36.2 Å². The van der Waals surface area contributed by atoms with Crippen molar-refractivity contribution in [1.82, 2.24) is 4.90 Å². The SMILES string of the molecule is N[C@@H]1CCN(C(=O)c2cccc(CSc3c(Cl)cccc3Cl)c2)C1. The van der Waals surface area contributed by atoms with Gasteiger partial charge in [0.25, 0.3) is 5.91 Å². The predicted octanol–water partition coefficient (Wildman–Crippen LogP) is 4.46. The molecule has 1 aliphatic rings. The smallest absolute Gasteiger partial charge is 0.253 e. The van der Waals surface area contributed by atoms with Crippen LogP contribution in [0.25, 0.3) is 0 Å². The van der Waals surface area contributed by atoms with Crippen molar-refractivity contribution in [2.24, 2.45) is 5.73 Å². The molecule has 0 aliphatic carbocycles. The summed E-state index contributed by atoms with van der Waals surface area (Å²) in [5.41, 5.74) is 7.65. The summed E-state index contributed by atoms with van der Waals surface area (Å²) in [7, 11) is 0. The molecular formula is C18H18Cl2N2OS. The van der Waals surface area contributed by atoms with E-state index in [-0.39, 0.29) is 11.9 Å². The topological polar surface area (TPSA) is 46.3 Å². The first kappa shape index (κ1) is 17.6. The number of nitrogens with zero attached hydrogens (tertiary/aromatic N) is 1. The maximum atomic E-state index is 12.5. The highest BCUT2D eigenvalue weighted by Gasteiger charge is 2.24. The van der Waals surface area contributed by atoms with E-state index in [0.29, 0.717) is 27.9 Å². The van der Waals surface area contributed by atoms with Crippen LogP contribution in [0.2, 0.25) is 10.0 Å². The average Bonchev–Trinajstić information content (AvgIpc) is 3.00. The zero-order chi connectivity index (χ0) is 17.1. The van der Waals surface area contributed by atoms with Crippen LogP contribution >= 0.6 is 35.0 Å². The highest BCUT2D eigenvalue weighted by atomic mass is 35.5. The Hall–Kier alpha value is -1.20. The molecule has 0 bridgehead atoms. The Balaban J connectivity index is 1.70. The first-order valence-corrected chi connectivity index (χ1v) is 9.49. The van der Waals surface area contributed by atoms with Crippen molar-refractivity contribution in [3.63, 3.8) is 0 Å². The Morgan fingerprint density at radius 3 is 2.58 bits per heavy atom. The third-order valence-electron chi connectivity index (χ3n) is 3.99. The fourth-order valence-corrected chi connectivity index (χ4v) is 4.35. The van der Waals surface area contributed by atoms with Crippen LogP contribution < -0.4 is 5.73 Å². The summed E-state index contributed by atoms with van der Waals surface area (Å²) < 4.78 is 0. The Bertz CT molecular complexity index is 733. The summed E-state index contributed by atoms with van der Waals surface area (Å²) >= 11 is 14.0. The normalized spacial score (nSPS) is 17.3. The second kappa shape index (κ2) is 7.79. The van der Waals surface area contributed by atoms with Crippen LogP contribution in [-0.2, 0) is 5.75 Å². The highest BCUT2D eigenvalue weighted by Crippen LogP contribution is 2.35. The highest BCUT2D eigenvalue weighted by molar-refractivity contribution is 7.98. The number of benzene rings is 2. The van der Waals surface area contributed by atoms with Crippen molar-refractivity contribution in [2.45, 2.75) is 23.1 Å². The van der Waals surface area contributed by atoms with Gasteiger partial charge in [-0.1, -0.05) is 41.4 Å². The Morgan fingerprint density at radius 1 is 1.21 bits per heavy atom. The van der Waals surface area contributed by atoms with Crippen LogP contribution in [-0.4, -0.2) is 29.9 Å². The van der Waals surface area contributed by atoms with E-state index in [1.807, 2.05) is 47.4 Å². The van der Waals surface area contributed by atoms with Crippen LogP contribution in [0, 0.1) is 0 Å². The molecule has 1 atom stereocenters. The number of thioether (sulfide) groups is 1. The number of likely N-dealkylation sites (tertiary alicyclic amines) is 1. The lowest BCUT2D eigenvalue weighted by Gasteiger charge is -2.16. The van der Waals surface area contributed by atoms with Crippen molar-refractivity contribution < 1.29 is 4.79 Å². The van der Waals surface area contributed by atoms with Crippen LogP contribution in [0.5, 0.6) is 0 Å². The molecule has 0 aromatic heterocycles. The molecule has 0 saturated carbocycles. The van der Waals surface area contributed by atoms with E-state index in [2.05, 4.69) is 0 Å². The van der Waals surface area contributed by atoms with Gasteiger partial charge in [-0.15, -0.1) is 11.8 Å². The van der Waals surface area contributed by atoms with Crippen LogP contribution in [0.15, 0.2) is 47.4 Å². The van der Waals surface area contributed by atoms with Crippen molar-refractivity contribution in [2.75, 3.05) is 13.1 Å². The summed E-state index contributed by atoms with van der Waals surface area (Å²) in [5.74, 6) is 0.745. The first-order chi connectivity index (χ1) is 11.5. The summed E-state index contributed by atoms with van der Waals surface area (Å²) in [6.07, 6.45) is 0.867. The van der Waals surface area contributed by atoms with Gasteiger partial charge in [0.15, 0.2) is 0 Å². The monoisotopic (exact) mass is 380 g/mol.